The fourth-order valence-electron chi connectivity index (χ4n) is 4.41. The van der Waals surface area contributed by atoms with Crippen LogP contribution in [0.4, 0.5) is 4.39 Å². The van der Waals surface area contributed by atoms with Gasteiger partial charge in [-0.25, -0.2) is 9.07 Å². The molecule has 0 unspecified atom stereocenters. The molecule has 2 aromatic carbocycles. The molecule has 0 amide bonds. The van der Waals surface area contributed by atoms with Gasteiger partial charge in [-0.05, 0) is 44.2 Å². The molecule has 7 nitrogen and oxygen atoms in total. The molecule has 2 heterocycles. The van der Waals surface area contributed by atoms with E-state index < -0.39 is 11.9 Å². The maximum absolute atomic E-state index is 14.5. The second kappa shape index (κ2) is 12.3. The summed E-state index contributed by atoms with van der Waals surface area (Å²) in [7, 11) is 0. The van der Waals surface area contributed by atoms with Crippen LogP contribution >= 0.6 is 0 Å². The van der Waals surface area contributed by atoms with E-state index in [4.69, 9.17) is 14.6 Å². The lowest BCUT2D eigenvalue weighted by atomic mass is 10.2. The van der Waals surface area contributed by atoms with Crippen LogP contribution in [0.3, 0.4) is 0 Å². The summed E-state index contributed by atoms with van der Waals surface area (Å²) in [4.78, 5) is 4.46. The van der Waals surface area contributed by atoms with Crippen LogP contribution in [0, 0.1) is 12.7 Å². The van der Waals surface area contributed by atoms with Crippen LogP contribution in [0.5, 0.6) is 11.6 Å². The number of aryl methyl sites for hydroxylation is 1. The molecule has 3 aromatic rings. The molecule has 1 aliphatic rings. The molecule has 1 N–H and O–H groups in total. The lowest BCUT2D eigenvalue weighted by Crippen LogP contribution is -2.44. The topological polar surface area (TPSA) is 63.0 Å². The average molecular weight is 483 g/mol. The molecule has 1 saturated heterocycles. The first-order chi connectivity index (χ1) is 17.0. The number of aromatic nitrogens is 2. The lowest BCUT2D eigenvalue weighted by molar-refractivity contribution is 0.00622. The van der Waals surface area contributed by atoms with Crippen molar-refractivity contribution < 1.29 is 19.0 Å². The molecule has 8 heteroatoms. The van der Waals surface area contributed by atoms with E-state index in [9.17, 15) is 9.50 Å². The fourth-order valence-corrected chi connectivity index (χ4v) is 4.41. The van der Waals surface area contributed by atoms with Crippen molar-refractivity contribution in [2.75, 3.05) is 45.9 Å². The molecule has 1 atom stereocenters. The van der Waals surface area contributed by atoms with E-state index in [0.29, 0.717) is 38.7 Å². The molecule has 1 fully saturated rings. The number of rotatable bonds is 11. The maximum atomic E-state index is 14.5. The third kappa shape index (κ3) is 6.67. The predicted molar refractivity (Wildman–Crippen MR) is 134 cm³/mol. The summed E-state index contributed by atoms with van der Waals surface area (Å²) in [5.74, 6) is 0.214. The summed E-state index contributed by atoms with van der Waals surface area (Å²) < 4.78 is 27.8. The minimum atomic E-state index is -0.486. The van der Waals surface area contributed by atoms with Crippen molar-refractivity contribution in [3.8, 4) is 17.3 Å². The third-order valence-corrected chi connectivity index (χ3v) is 6.14. The van der Waals surface area contributed by atoms with Crippen molar-refractivity contribution in [1.29, 1.82) is 0 Å². The molecule has 0 saturated carbocycles. The highest BCUT2D eigenvalue weighted by Gasteiger charge is 2.24. The van der Waals surface area contributed by atoms with Crippen LogP contribution in [0.25, 0.3) is 5.69 Å². The molecule has 0 aliphatic carbocycles. The summed E-state index contributed by atoms with van der Waals surface area (Å²) in [6.07, 6.45) is 0.458. The number of halogens is 1. The Balaban J connectivity index is 1.60. The molecule has 1 aliphatic heterocycles. The van der Waals surface area contributed by atoms with Gasteiger partial charge >= 0.3 is 0 Å². The van der Waals surface area contributed by atoms with Gasteiger partial charge in [0.15, 0.2) is 11.6 Å². The number of benzene rings is 2. The quantitative estimate of drug-likeness (QED) is 0.446. The average Bonchev–Trinajstić information content (AvgIpc) is 3.16. The van der Waals surface area contributed by atoms with Gasteiger partial charge < -0.3 is 14.6 Å². The van der Waals surface area contributed by atoms with E-state index in [1.54, 1.807) is 22.9 Å². The van der Waals surface area contributed by atoms with Crippen LogP contribution in [0.1, 0.15) is 24.6 Å². The molecule has 4 rings (SSSR count). The van der Waals surface area contributed by atoms with Gasteiger partial charge in [0.2, 0.25) is 5.88 Å². The number of morpholine rings is 1. The van der Waals surface area contributed by atoms with Crippen LogP contribution in [0.2, 0.25) is 0 Å². The van der Waals surface area contributed by atoms with Crippen molar-refractivity contribution in [3.05, 3.63) is 71.7 Å². The number of aliphatic hydroxyl groups excluding tert-OH is 1. The van der Waals surface area contributed by atoms with E-state index in [2.05, 4.69) is 16.7 Å². The molecule has 35 heavy (non-hydrogen) atoms. The highest BCUT2D eigenvalue weighted by Crippen LogP contribution is 2.32. The van der Waals surface area contributed by atoms with E-state index in [1.165, 1.54) is 6.07 Å². The largest absolute Gasteiger partial charge is 0.435 e. The van der Waals surface area contributed by atoms with E-state index in [-0.39, 0.29) is 5.75 Å². The van der Waals surface area contributed by atoms with Gasteiger partial charge in [-0.3, -0.25) is 9.80 Å². The van der Waals surface area contributed by atoms with Gasteiger partial charge in [0.25, 0.3) is 0 Å². The van der Waals surface area contributed by atoms with Gasteiger partial charge in [0, 0.05) is 32.7 Å². The van der Waals surface area contributed by atoms with E-state index in [0.717, 1.165) is 43.0 Å². The zero-order valence-corrected chi connectivity index (χ0v) is 20.6. The normalized spacial score (nSPS) is 15.5. The Labute approximate surface area is 206 Å². The zero-order chi connectivity index (χ0) is 24.6. The molecule has 1 aromatic heterocycles. The predicted octanol–water partition coefficient (Wildman–Crippen LogP) is 4.02. The molecule has 188 valence electrons. The Morgan fingerprint density at radius 2 is 1.83 bits per heavy atom. The van der Waals surface area contributed by atoms with Crippen LogP contribution in [-0.4, -0.2) is 76.7 Å². The van der Waals surface area contributed by atoms with Crippen molar-refractivity contribution >= 4 is 0 Å². The summed E-state index contributed by atoms with van der Waals surface area (Å²) in [6.45, 7) is 9.66. The molecule has 0 radical (unpaired) electrons. The van der Waals surface area contributed by atoms with Crippen molar-refractivity contribution in [2.45, 2.75) is 32.9 Å². The van der Waals surface area contributed by atoms with E-state index >= 15 is 0 Å². The molecule has 0 bridgehead atoms. The Bertz CT molecular complexity index is 1070. The Hall–Kier alpha value is -2.78. The molecular formula is C27H35FN4O3. The Morgan fingerprint density at radius 1 is 1.11 bits per heavy atom. The van der Waals surface area contributed by atoms with Crippen molar-refractivity contribution in [2.24, 2.45) is 0 Å². The first kappa shape index (κ1) is 25.3. The Kier molecular flexibility index (Phi) is 8.87. The maximum Gasteiger partial charge on any atom is 0.227 e. The number of ether oxygens (including phenoxy) is 2. The zero-order valence-electron chi connectivity index (χ0n) is 20.6. The second-order valence-corrected chi connectivity index (χ2v) is 8.95. The first-order valence-corrected chi connectivity index (χ1v) is 12.3. The second-order valence-electron chi connectivity index (χ2n) is 8.95. The number of para-hydroxylation sites is 2. The number of nitrogens with zero attached hydrogens (tertiary/aromatic N) is 4. The summed E-state index contributed by atoms with van der Waals surface area (Å²) in [5.41, 5.74) is 2.52. The van der Waals surface area contributed by atoms with Gasteiger partial charge in [0.1, 0.15) is 0 Å². The summed E-state index contributed by atoms with van der Waals surface area (Å²) >= 11 is 0. The fraction of sp³-hybridized carbons (Fsp3) is 0.444. The van der Waals surface area contributed by atoms with Crippen molar-refractivity contribution in [1.82, 2.24) is 19.6 Å². The van der Waals surface area contributed by atoms with E-state index in [1.807, 2.05) is 37.3 Å². The van der Waals surface area contributed by atoms with Gasteiger partial charge in [-0.15, -0.1) is 0 Å². The smallest absolute Gasteiger partial charge is 0.227 e. The number of hydrogen-bond donors (Lipinski definition) is 1. The SMILES string of the molecule is CCCN(Cc1c(C)nn(-c2ccccc2)c1Oc1ccccc1F)C[C@H](O)CN1CCOCC1. The monoisotopic (exact) mass is 482 g/mol. The highest BCUT2D eigenvalue weighted by atomic mass is 19.1. The van der Waals surface area contributed by atoms with Crippen molar-refractivity contribution in [3.63, 3.8) is 0 Å². The standard InChI is InChI=1S/C27H35FN4O3/c1-3-13-31(19-23(33)18-30-14-16-34-17-15-30)20-24-21(2)29-32(22-9-5-4-6-10-22)27(24)35-26-12-8-7-11-25(26)28/h4-12,23,33H,3,13-20H2,1-2H3/t23-/m1/s1. The first-order valence-electron chi connectivity index (χ1n) is 12.3. The van der Waals surface area contributed by atoms with Crippen LogP contribution in [0.15, 0.2) is 54.6 Å². The highest BCUT2D eigenvalue weighted by molar-refractivity contribution is 5.43. The van der Waals surface area contributed by atoms with Crippen LogP contribution in [-0.2, 0) is 11.3 Å². The molecular weight excluding hydrogens is 447 g/mol. The summed E-state index contributed by atoms with van der Waals surface area (Å²) in [5, 5.41) is 15.6. The number of aliphatic hydroxyl groups is 1. The summed E-state index contributed by atoms with van der Waals surface area (Å²) in [6, 6.07) is 16.1. The van der Waals surface area contributed by atoms with Gasteiger partial charge in [0.05, 0.1) is 36.3 Å². The van der Waals surface area contributed by atoms with Gasteiger partial charge in [-0.1, -0.05) is 37.3 Å². The molecule has 0 spiro atoms. The van der Waals surface area contributed by atoms with Crippen LogP contribution < -0.4 is 4.74 Å². The number of β-amino-alcohol motifs (C(OH)–C–C–N with tert-alkyl or cyclic N) is 1. The Morgan fingerprint density at radius 3 is 2.54 bits per heavy atom. The third-order valence-electron chi connectivity index (χ3n) is 6.14. The number of hydrogen-bond acceptors (Lipinski definition) is 6. The lowest BCUT2D eigenvalue weighted by Gasteiger charge is -2.31. The van der Waals surface area contributed by atoms with Gasteiger partial charge in [-0.2, -0.15) is 5.10 Å². The minimum Gasteiger partial charge on any atom is -0.435 e. The minimum absolute atomic E-state index is 0.153.